The summed E-state index contributed by atoms with van der Waals surface area (Å²) in [4.78, 5) is 15.3. The molecule has 0 amide bonds. The number of halogens is 2. The molecule has 0 saturated carbocycles. The topological polar surface area (TPSA) is 48.4 Å². The van der Waals surface area contributed by atoms with Gasteiger partial charge in [0.25, 0.3) is 6.43 Å². The molecule has 1 heterocycles. The van der Waals surface area contributed by atoms with Crippen LogP contribution >= 0.6 is 0 Å². The number of ether oxygens (including phenoxy) is 2. The number of hydrogen-bond acceptors (Lipinski definition) is 4. The van der Waals surface area contributed by atoms with E-state index in [-0.39, 0.29) is 30.0 Å². The Morgan fingerprint density at radius 3 is 2.67 bits per heavy atom. The highest BCUT2D eigenvalue weighted by atomic mass is 19.3. The van der Waals surface area contributed by atoms with Crippen molar-refractivity contribution in [3.8, 4) is 5.75 Å². The van der Waals surface area contributed by atoms with Crippen molar-refractivity contribution in [2.24, 2.45) is 0 Å². The van der Waals surface area contributed by atoms with E-state index < -0.39 is 12.4 Å². The Hall–Kier alpha value is -1.72. The zero-order chi connectivity index (χ0) is 13.7. The van der Waals surface area contributed by atoms with Crippen LogP contribution in [0.15, 0.2) is 6.07 Å². The average molecular weight is 259 g/mol. The number of pyridine rings is 1. The minimum absolute atomic E-state index is 0.0959. The number of carbonyl (C=O) groups is 1. The third-order valence-corrected chi connectivity index (χ3v) is 2.36. The van der Waals surface area contributed by atoms with E-state index in [1.54, 1.807) is 6.92 Å². The third kappa shape index (κ3) is 3.38. The molecule has 100 valence electrons. The smallest absolute Gasteiger partial charge is 0.312 e. The molecule has 0 fully saturated rings. The SMILES string of the molecule is CCOC(=O)Cc1nc(C)c(C(F)F)cc1OC. The van der Waals surface area contributed by atoms with Gasteiger partial charge in [0.15, 0.2) is 0 Å². The number of rotatable bonds is 5. The molecule has 0 unspecified atom stereocenters. The predicted octanol–water partition coefficient (Wildman–Crippen LogP) is 2.44. The second kappa shape index (κ2) is 6.28. The van der Waals surface area contributed by atoms with Crippen molar-refractivity contribution in [2.45, 2.75) is 26.7 Å². The van der Waals surface area contributed by atoms with Crippen molar-refractivity contribution in [1.29, 1.82) is 0 Å². The number of alkyl halides is 2. The largest absolute Gasteiger partial charge is 0.495 e. The Balaban J connectivity index is 3.05. The Bertz CT molecular complexity index is 436. The first-order valence-electron chi connectivity index (χ1n) is 5.47. The molecular weight excluding hydrogens is 244 g/mol. The molecule has 0 radical (unpaired) electrons. The zero-order valence-electron chi connectivity index (χ0n) is 10.5. The number of methoxy groups -OCH3 is 1. The standard InChI is InChI=1S/C12H15F2NO3/c1-4-18-11(16)6-9-10(17-3)5-8(12(13)14)7(2)15-9/h5,12H,4,6H2,1-3H3. The molecule has 0 saturated heterocycles. The number of aromatic nitrogens is 1. The fourth-order valence-corrected chi connectivity index (χ4v) is 1.52. The fourth-order valence-electron chi connectivity index (χ4n) is 1.52. The van der Waals surface area contributed by atoms with Gasteiger partial charge in [-0.2, -0.15) is 0 Å². The Labute approximate surface area is 104 Å². The number of aryl methyl sites for hydroxylation is 1. The van der Waals surface area contributed by atoms with Crippen molar-refractivity contribution < 1.29 is 23.0 Å². The number of carbonyl (C=O) groups excluding carboxylic acids is 1. The van der Waals surface area contributed by atoms with Gasteiger partial charge in [0.05, 0.1) is 25.8 Å². The van der Waals surface area contributed by atoms with Gasteiger partial charge in [0.1, 0.15) is 5.75 Å². The molecule has 0 aromatic carbocycles. The van der Waals surface area contributed by atoms with Gasteiger partial charge in [-0.05, 0) is 19.9 Å². The van der Waals surface area contributed by atoms with Crippen molar-refractivity contribution in [1.82, 2.24) is 4.98 Å². The van der Waals surface area contributed by atoms with E-state index in [2.05, 4.69) is 4.98 Å². The quantitative estimate of drug-likeness (QED) is 0.762. The van der Waals surface area contributed by atoms with E-state index in [4.69, 9.17) is 9.47 Å². The maximum absolute atomic E-state index is 12.7. The number of esters is 1. The summed E-state index contributed by atoms with van der Waals surface area (Å²) in [6, 6.07) is 1.21. The molecule has 0 spiro atoms. The van der Waals surface area contributed by atoms with Gasteiger partial charge in [-0.25, -0.2) is 8.78 Å². The Morgan fingerprint density at radius 1 is 1.50 bits per heavy atom. The van der Waals surface area contributed by atoms with E-state index in [9.17, 15) is 13.6 Å². The molecule has 0 N–H and O–H groups in total. The normalized spacial score (nSPS) is 10.6. The summed E-state index contributed by atoms with van der Waals surface area (Å²) in [5.41, 5.74) is 0.294. The van der Waals surface area contributed by atoms with Crippen molar-refractivity contribution in [3.05, 3.63) is 23.0 Å². The van der Waals surface area contributed by atoms with Crippen molar-refractivity contribution >= 4 is 5.97 Å². The predicted molar refractivity (Wildman–Crippen MR) is 60.8 cm³/mol. The average Bonchev–Trinajstić information content (AvgIpc) is 2.29. The van der Waals surface area contributed by atoms with E-state index in [0.717, 1.165) is 0 Å². The first-order valence-corrected chi connectivity index (χ1v) is 5.47. The van der Waals surface area contributed by atoms with Crippen LogP contribution in [0.25, 0.3) is 0 Å². The van der Waals surface area contributed by atoms with Crippen LogP contribution in [0.3, 0.4) is 0 Å². The zero-order valence-corrected chi connectivity index (χ0v) is 10.5. The number of hydrogen-bond donors (Lipinski definition) is 0. The minimum Gasteiger partial charge on any atom is -0.495 e. The summed E-state index contributed by atoms with van der Waals surface area (Å²) in [7, 11) is 1.34. The van der Waals surface area contributed by atoms with Gasteiger partial charge >= 0.3 is 5.97 Å². The summed E-state index contributed by atoms with van der Waals surface area (Å²) in [5.74, 6) is -0.295. The lowest BCUT2D eigenvalue weighted by Gasteiger charge is -2.11. The second-order valence-corrected chi connectivity index (χ2v) is 3.59. The van der Waals surface area contributed by atoms with Crippen LogP contribution in [0.5, 0.6) is 5.75 Å². The highest BCUT2D eigenvalue weighted by molar-refractivity contribution is 5.73. The van der Waals surface area contributed by atoms with Crippen LogP contribution in [-0.4, -0.2) is 24.7 Å². The van der Waals surface area contributed by atoms with E-state index in [1.807, 2.05) is 0 Å². The van der Waals surface area contributed by atoms with Gasteiger partial charge in [0, 0.05) is 11.3 Å². The molecule has 0 aliphatic rings. The Morgan fingerprint density at radius 2 is 2.17 bits per heavy atom. The van der Waals surface area contributed by atoms with E-state index in [1.165, 1.54) is 20.1 Å². The van der Waals surface area contributed by atoms with Crippen LogP contribution < -0.4 is 4.74 Å². The maximum Gasteiger partial charge on any atom is 0.312 e. The Kier molecular flexibility index (Phi) is 5.00. The highest BCUT2D eigenvalue weighted by Crippen LogP contribution is 2.28. The molecule has 0 bridgehead atoms. The molecule has 4 nitrogen and oxygen atoms in total. The third-order valence-electron chi connectivity index (χ3n) is 2.36. The summed E-state index contributed by atoms with van der Waals surface area (Å²) >= 11 is 0. The first kappa shape index (κ1) is 14.3. The van der Waals surface area contributed by atoms with E-state index >= 15 is 0 Å². The lowest BCUT2D eigenvalue weighted by molar-refractivity contribution is -0.142. The molecule has 1 aromatic heterocycles. The lowest BCUT2D eigenvalue weighted by atomic mass is 10.1. The van der Waals surface area contributed by atoms with Gasteiger partial charge in [0.2, 0.25) is 0 Å². The molecule has 18 heavy (non-hydrogen) atoms. The molecular formula is C12H15F2NO3. The van der Waals surface area contributed by atoms with Gasteiger partial charge in [-0.1, -0.05) is 0 Å². The highest BCUT2D eigenvalue weighted by Gasteiger charge is 2.18. The molecule has 6 heteroatoms. The maximum atomic E-state index is 12.7. The lowest BCUT2D eigenvalue weighted by Crippen LogP contribution is -2.11. The van der Waals surface area contributed by atoms with Crippen LogP contribution in [0.4, 0.5) is 8.78 Å². The minimum atomic E-state index is -2.62. The molecule has 1 aromatic rings. The molecule has 0 aliphatic carbocycles. The van der Waals surface area contributed by atoms with E-state index in [0.29, 0.717) is 5.69 Å². The second-order valence-electron chi connectivity index (χ2n) is 3.59. The summed E-state index contributed by atoms with van der Waals surface area (Å²) in [5, 5.41) is 0. The van der Waals surface area contributed by atoms with Gasteiger partial charge in [-0.15, -0.1) is 0 Å². The first-order chi connectivity index (χ1) is 8.49. The molecule has 0 aliphatic heterocycles. The molecule has 1 rings (SSSR count). The van der Waals surface area contributed by atoms with Crippen molar-refractivity contribution in [3.63, 3.8) is 0 Å². The molecule has 0 atom stereocenters. The van der Waals surface area contributed by atoms with Gasteiger partial charge < -0.3 is 9.47 Å². The monoisotopic (exact) mass is 259 g/mol. The van der Waals surface area contributed by atoms with Crippen molar-refractivity contribution in [2.75, 3.05) is 13.7 Å². The summed E-state index contributed by atoms with van der Waals surface area (Å²) in [6.07, 6.45) is -2.72. The van der Waals surface area contributed by atoms with Crippen LogP contribution in [0, 0.1) is 6.92 Å². The fraction of sp³-hybridized carbons (Fsp3) is 0.500. The van der Waals surface area contributed by atoms with Crippen LogP contribution in [0.2, 0.25) is 0 Å². The van der Waals surface area contributed by atoms with Crippen LogP contribution in [-0.2, 0) is 16.0 Å². The summed E-state index contributed by atoms with van der Waals surface area (Å²) in [6.45, 7) is 3.42. The van der Waals surface area contributed by atoms with Crippen LogP contribution in [0.1, 0.15) is 30.3 Å². The summed E-state index contributed by atoms with van der Waals surface area (Å²) < 4.78 is 35.1. The number of nitrogens with zero attached hydrogens (tertiary/aromatic N) is 1. The van der Waals surface area contributed by atoms with Gasteiger partial charge in [-0.3, -0.25) is 9.78 Å².